The molecule has 3 aromatic rings. The Morgan fingerprint density at radius 3 is 2.50 bits per heavy atom. The molecule has 7 nitrogen and oxygen atoms in total. The highest BCUT2D eigenvalue weighted by atomic mass is 16.5. The van der Waals surface area contributed by atoms with Crippen LogP contribution in [0.4, 0.5) is 5.69 Å². The summed E-state index contributed by atoms with van der Waals surface area (Å²) in [6, 6.07) is 13.2. The quantitative estimate of drug-likeness (QED) is 0.737. The SMILES string of the molecule is COc1ccc(N2CCN(Cc3[nH]nc4cc(OC)ccc34)C(C)C2=O)cc1. The number of nitrogens with zero attached hydrogens (tertiary/aromatic N) is 3. The molecule has 1 aliphatic heterocycles. The average molecular weight is 380 g/mol. The van der Waals surface area contributed by atoms with E-state index in [0.717, 1.165) is 40.3 Å². The van der Waals surface area contributed by atoms with Crippen molar-refractivity contribution < 1.29 is 14.3 Å². The fraction of sp³-hybridized carbons (Fsp3) is 0.333. The highest BCUT2D eigenvalue weighted by molar-refractivity contribution is 5.97. The number of hydrogen-bond donors (Lipinski definition) is 1. The summed E-state index contributed by atoms with van der Waals surface area (Å²) in [7, 11) is 3.28. The van der Waals surface area contributed by atoms with Gasteiger partial charge in [-0.25, -0.2) is 0 Å². The number of anilines is 1. The number of piperazine rings is 1. The Bertz CT molecular complexity index is 983. The van der Waals surface area contributed by atoms with Crippen LogP contribution in [0.15, 0.2) is 42.5 Å². The largest absolute Gasteiger partial charge is 0.497 e. The lowest BCUT2D eigenvalue weighted by Gasteiger charge is -2.39. The Morgan fingerprint density at radius 1 is 1.07 bits per heavy atom. The lowest BCUT2D eigenvalue weighted by atomic mass is 10.1. The number of H-pyrrole nitrogens is 1. The third kappa shape index (κ3) is 3.29. The standard InChI is InChI=1S/C21H24N4O3/c1-14-21(26)25(15-4-6-16(27-2)7-5-15)11-10-24(14)13-20-18-9-8-17(28-3)12-19(18)22-23-20/h4-9,12,14H,10-11,13H2,1-3H3,(H,22,23). The fourth-order valence-electron chi connectivity index (χ4n) is 3.65. The maximum absolute atomic E-state index is 13.0. The Kier molecular flexibility index (Phi) is 4.92. The summed E-state index contributed by atoms with van der Waals surface area (Å²) in [5.41, 5.74) is 2.77. The van der Waals surface area contributed by atoms with Gasteiger partial charge in [-0.05, 0) is 43.3 Å². The number of ether oxygens (including phenoxy) is 2. The molecule has 2 aromatic carbocycles. The average Bonchev–Trinajstić information content (AvgIpc) is 3.13. The van der Waals surface area contributed by atoms with Crippen LogP contribution in [-0.2, 0) is 11.3 Å². The van der Waals surface area contributed by atoms with E-state index < -0.39 is 0 Å². The summed E-state index contributed by atoms with van der Waals surface area (Å²) in [5, 5.41) is 8.55. The van der Waals surface area contributed by atoms with E-state index in [1.165, 1.54) is 0 Å². The van der Waals surface area contributed by atoms with E-state index in [4.69, 9.17) is 9.47 Å². The number of hydrogen-bond acceptors (Lipinski definition) is 5. The van der Waals surface area contributed by atoms with Crippen LogP contribution in [-0.4, -0.2) is 54.4 Å². The monoisotopic (exact) mass is 380 g/mol. The number of aromatic nitrogens is 2. The minimum atomic E-state index is -0.215. The lowest BCUT2D eigenvalue weighted by molar-refractivity contribution is -0.125. The van der Waals surface area contributed by atoms with Gasteiger partial charge in [0.2, 0.25) is 5.91 Å². The first-order valence-corrected chi connectivity index (χ1v) is 9.31. The van der Waals surface area contributed by atoms with Crippen molar-refractivity contribution >= 4 is 22.5 Å². The van der Waals surface area contributed by atoms with Gasteiger partial charge < -0.3 is 14.4 Å². The van der Waals surface area contributed by atoms with Crippen molar-refractivity contribution in [3.8, 4) is 11.5 Å². The van der Waals surface area contributed by atoms with Gasteiger partial charge in [0.15, 0.2) is 0 Å². The molecule has 1 unspecified atom stereocenters. The fourth-order valence-corrected chi connectivity index (χ4v) is 3.65. The minimum absolute atomic E-state index is 0.0990. The first kappa shape index (κ1) is 18.3. The molecular formula is C21H24N4O3. The van der Waals surface area contributed by atoms with Crippen molar-refractivity contribution in [3.63, 3.8) is 0 Å². The molecule has 0 bridgehead atoms. The maximum atomic E-state index is 13.0. The third-order valence-corrected chi connectivity index (χ3v) is 5.37. The second-order valence-corrected chi connectivity index (χ2v) is 6.92. The number of benzene rings is 2. The van der Waals surface area contributed by atoms with Crippen LogP contribution in [0.25, 0.3) is 10.9 Å². The molecule has 0 spiro atoms. The van der Waals surface area contributed by atoms with Crippen molar-refractivity contribution in [2.24, 2.45) is 0 Å². The molecule has 1 aromatic heterocycles. The number of carbonyl (C=O) groups is 1. The van der Waals surface area contributed by atoms with E-state index in [0.29, 0.717) is 13.1 Å². The van der Waals surface area contributed by atoms with E-state index in [1.807, 2.05) is 54.3 Å². The molecule has 146 valence electrons. The number of fused-ring (bicyclic) bond motifs is 1. The van der Waals surface area contributed by atoms with Crippen molar-refractivity contribution in [3.05, 3.63) is 48.2 Å². The zero-order valence-electron chi connectivity index (χ0n) is 16.3. The number of rotatable bonds is 5. The number of aromatic amines is 1. The molecule has 7 heteroatoms. The molecule has 1 atom stereocenters. The number of nitrogens with one attached hydrogen (secondary N) is 1. The molecule has 0 aliphatic carbocycles. The molecule has 0 radical (unpaired) electrons. The molecule has 4 rings (SSSR count). The van der Waals surface area contributed by atoms with Gasteiger partial charge in [0.25, 0.3) is 0 Å². The summed E-state index contributed by atoms with van der Waals surface area (Å²) in [6.45, 7) is 4.04. The van der Waals surface area contributed by atoms with E-state index >= 15 is 0 Å². The van der Waals surface area contributed by atoms with Crippen LogP contribution in [0.2, 0.25) is 0 Å². The van der Waals surface area contributed by atoms with Crippen molar-refractivity contribution in [1.82, 2.24) is 15.1 Å². The molecule has 2 heterocycles. The Hall–Kier alpha value is -3.06. The Morgan fingerprint density at radius 2 is 1.79 bits per heavy atom. The van der Waals surface area contributed by atoms with E-state index in [1.54, 1.807) is 14.2 Å². The summed E-state index contributed by atoms with van der Waals surface area (Å²) in [6.07, 6.45) is 0. The molecule has 28 heavy (non-hydrogen) atoms. The highest BCUT2D eigenvalue weighted by Gasteiger charge is 2.32. The van der Waals surface area contributed by atoms with Gasteiger partial charge in [0.1, 0.15) is 11.5 Å². The Labute approximate surface area is 163 Å². The molecule has 1 fully saturated rings. The van der Waals surface area contributed by atoms with Crippen LogP contribution in [0, 0.1) is 0 Å². The predicted octanol–water partition coefficient (Wildman–Crippen LogP) is 2.82. The summed E-state index contributed by atoms with van der Waals surface area (Å²) >= 11 is 0. The van der Waals surface area contributed by atoms with Crippen molar-refractivity contribution in [2.75, 3.05) is 32.2 Å². The van der Waals surface area contributed by atoms with Gasteiger partial charge in [0.05, 0.1) is 31.5 Å². The zero-order chi connectivity index (χ0) is 19.7. The molecule has 1 aliphatic rings. The highest BCUT2D eigenvalue weighted by Crippen LogP contribution is 2.26. The van der Waals surface area contributed by atoms with Gasteiger partial charge in [-0.2, -0.15) is 5.10 Å². The molecule has 1 N–H and O–H groups in total. The first-order valence-electron chi connectivity index (χ1n) is 9.31. The van der Waals surface area contributed by atoms with Crippen LogP contribution in [0.1, 0.15) is 12.6 Å². The lowest BCUT2D eigenvalue weighted by Crippen LogP contribution is -2.55. The molecular weight excluding hydrogens is 356 g/mol. The van der Waals surface area contributed by atoms with Crippen LogP contribution >= 0.6 is 0 Å². The Balaban J connectivity index is 1.50. The van der Waals surface area contributed by atoms with Gasteiger partial charge in [-0.3, -0.25) is 14.8 Å². The van der Waals surface area contributed by atoms with Crippen LogP contribution in [0.5, 0.6) is 11.5 Å². The van der Waals surface area contributed by atoms with Crippen molar-refractivity contribution in [1.29, 1.82) is 0 Å². The smallest absolute Gasteiger partial charge is 0.244 e. The summed E-state index contributed by atoms with van der Waals surface area (Å²) < 4.78 is 10.5. The third-order valence-electron chi connectivity index (χ3n) is 5.37. The van der Waals surface area contributed by atoms with E-state index in [9.17, 15) is 4.79 Å². The summed E-state index contributed by atoms with van der Waals surface area (Å²) in [5.74, 6) is 1.66. The molecule has 1 amide bonds. The normalized spacial score (nSPS) is 17.9. The maximum Gasteiger partial charge on any atom is 0.244 e. The topological polar surface area (TPSA) is 70.7 Å². The van der Waals surface area contributed by atoms with Gasteiger partial charge in [-0.15, -0.1) is 0 Å². The number of carbonyl (C=O) groups excluding carboxylic acids is 1. The number of methoxy groups -OCH3 is 2. The molecule has 1 saturated heterocycles. The van der Waals surface area contributed by atoms with Crippen LogP contribution < -0.4 is 14.4 Å². The summed E-state index contributed by atoms with van der Waals surface area (Å²) in [4.78, 5) is 17.0. The second-order valence-electron chi connectivity index (χ2n) is 6.92. The molecule has 0 saturated carbocycles. The van der Waals surface area contributed by atoms with Crippen LogP contribution in [0.3, 0.4) is 0 Å². The van der Waals surface area contributed by atoms with Crippen molar-refractivity contribution in [2.45, 2.75) is 19.5 Å². The zero-order valence-corrected chi connectivity index (χ0v) is 16.3. The van der Waals surface area contributed by atoms with Gasteiger partial charge >= 0.3 is 0 Å². The van der Waals surface area contributed by atoms with E-state index in [2.05, 4.69) is 15.1 Å². The predicted molar refractivity (Wildman–Crippen MR) is 108 cm³/mol. The van der Waals surface area contributed by atoms with E-state index in [-0.39, 0.29) is 11.9 Å². The van der Waals surface area contributed by atoms with Gasteiger partial charge in [-0.1, -0.05) is 0 Å². The number of amides is 1. The first-order chi connectivity index (χ1) is 13.6. The second kappa shape index (κ2) is 7.52. The minimum Gasteiger partial charge on any atom is -0.497 e. The van der Waals surface area contributed by atoms with Gasteiger partial charge in [0, 0.05) is 36.8 Å².